The molecule has 0 aliphatic carbocycles. The van der Waals surface area contributed by atoms with Crippen LogP contribution >= 0.6 is 23.8 Å². The molecular formula is C14H18ClNOS. The number of likely N-dealkylation sites (tertiary alicyclic amines) is 1. The topological polar surface area (TPSA) is 12.5 Å². The van der Waals surface area contributed by atoms with Crippen LogP contribution < -0.4 is 4.74 Å². The smallest absolute Gasteiger partial charge is 0.264 e. The summed E-state index contributed by atoms with van der Waals surface area (Å²) in [5.74, 6) is 2.32. The molecule has 98 valence electrons. The maximum absolute atomic E-state index is 5.78. The molecule has 0 radical (unpaired) electrons. The zero-order valence-corrected chi connectivity index (χ0v) is 11.9. The highest BCUT2D eigenvalue weighted by atomic mass is 35.5. The van der Waals surface area contributed by atoms with E-state index in [1.54, 1.807) is 0 Å². The Morgan fingerprint density at radius 1 is 1.28 bits per heavy atom. The molecule has 0 amide bonds. The van der Waals surface area contributed by atoms with Crippen molar-refractivity contribution in [1.29, 1.82) is 0 Å². The molecule has 18 heavy (non-hydrogen) atoms. The van der Waals surface area contributed by atoms with Gasteiger partial charge in [0, 0.05) is 19.0 Å². The minimum Gasteiger partial charge on any atom is -0.432 e. The highest BCUT2D eigenvalue weighted by Crippen LogP contribution is 2.22. The Morgan fingerprint density at radius 3 is 2.56 bits per heavy atom. The SMILES string of the molecule is S=C(Oc1ccccc1)N1CCC(CCCl)CC1. The molecule has 0 unspecified atom stereocenters. The van der Waals surface area contributed by atoms with Crippen LogP contribution in [-0.2, 0) is 0 Å². The molecule has 0 spiro atoms. The van der Waals surface area contributed by atoms with E-state index in [2.05, 4.69) is 4.90 Å². The predicted octanol–water partition coefficient (Wildman–Crippen LogP) is 3.69. The van der Waals surface area contributed by atoms with Crippen LogP contribution in [0.4, 0.5) is 0 Å². The summed E-state index contributed by atoms with van der Waals surface area (Å²) in [6, 6.07) is 9.71. The highest BCUT2D eigenvalue weighted by molar-refractivity contribution is 7.80. The maximum atomic E-state index is 5.78. The number of hydrogen-bond donors (Lipinski definition) is 0. The van der Waals surface area contributed by atoms with Crippen molar-refractivity contribution in [3.8, 4) is 5.75 Å². The standard InChI is InChI=1S/C14H18ClNOS/c15-9-6-12-7-10-16(11-8-12)14(18)17-13-4-2-1-3-5-13/h1-5,12H,6-11H2. The van der Waals surface area contributed by atoms with Crippen LogP contribution in [0.15, 0.2) is 30.3 Å². The zero-order valence-electron chi connectivity index (χ0n) is 10.3. The Balaban J connectivity index is 1.81. The van der Waals surface area contributed by atoms with Crippen LogP contribution in [0.3, 0.4) is 0 Å². The van der Waals surface area contributed by atoms with Crippen molar-refractivity contribution in [1.82, 2.24) is 4.90 Å². The normalized spacial score (nSPS) is 16.6. The monoisotopic (exact) mass is 283 g/mol. The lowest BCUT2D eigenvalue weighted by Gasteiger charge is -2.32. The van der Waals surface area contributed by atoms with Crippen molar-refractivity contribution in [2.75, 3.05) is 19.0 Å². The second-order valence-electron chi connectivity index (χ2n) is 4.59. The molecule has 2 rings (SSSR count). The summed E-state index contributed by atoms with van der Waals surface area (Å²) in [6.45, 7) is 1.96. The molecule has 0 aromatic heterocycles. The third-order valence-corrected chi connectivity index (χ3v) is 3.90. The number of alkyl halides is 1. The number of benzene rings is 1. The van der Waals surface area contributed by atoms with Crippen molar-refractivity contribution >= 4 is 29.0 Å². The van der Waals surface area contributed by atoms with Gasteiger partial charge >= 0.3 is 0 Å². The first kappa shape index (κ1) is 13.6. The third kappa shape index (κ3) is 3.85. The van der Waals surface area contributed by atoms with Crippen LogP contribution in [0, 0.1) is 5.92 Å². The molecular weight excluding hydrogens is 266 g/mol. The van der Waals surface area contributed by atoms with Gasteiger partial charge in [-0.1, -0.05) is 18.2 Å². The van der Waals surface area contributed by atoms with E-state index in [9.17, 15) is 0 Å². The summed E-state index contributed by atoms with van der Waals surface area (Å²) >= 11 is 11.1. The predicted molar refractivity (Wildman–Crippen MR) is 79.3 cm³/mol. The Hall–Kier alpha value is -0.800. The van der Waals surface area contributed by atoms with Gasteiger partial charge in [0.2, 0.25) is 0 Å². The van der Waals surface area contributed by atoms with Crippen LogP contribution in [0.25, 0.3) is 0 Å². The van der Waals surface area contributed by atoms with Crippen LogP contribution in [0.2, 0.25) is 0 Å². The quantitative estimate of drug-likeness (QED) is 0.620. The number of thiocarbonyl (C=S) groups is 1. The Morgan fingerprint density at radius 2 is 1.94 bits per heavy atom. The van der Waals surface area contributed by atoms with E-state index in [0.29, 0.717) is 5.17 Å². The van der Waals surface area contributed by atoms with Crippen molar-refractivity contribution in [2.24, 2.45) is 5.92 Å². The second-order valence-corrected chi connectivity index (χ2v) is 5.32. The summed E-state index contributed by atoms with van der Waals surface area (Å²) < 4.78 is 5.68. The van der Waals surface area contributed by atoms with Gasteiger partial charge in [-0.25, -0.2) is 0 Å². The van der Waals surface area contributed by atoms with E-state index in [-0.39, 0.29) is 0 Å². The fourth-order valence-corrected chi connectivity index (χ4v) is 2.80. The third-order valence-electron chi connectivity index (χ3n) is 3.34. The fourth-order valence-electron chi connectivity index (χ4n) is 2.21. The molecule has 1 aliphatic rings. The van der Waals surface area contributed by atoms with Gasteiger partial charge < -0.3 is 9.64 Å². The summed E-state index contributed by atoms with van der Waals surface area (Å²) in [6.07, 6.45) is 3.43. The molecule has 1 aliphatic heterocycles. The number of nitrogens with zero attached hydrogens (tertiary/aromatic N) is 1. The van der Waals surface area contributed by atoms with Crippen LogP contribution in [0.1, 0.15) is 19.3 Å². The average Bonchev–Trinajstić information content (AvgIpc) is 2.41. The number of hydrogen-bond acceptors (Lipinski definition) is 2. The van der Waals surface area contributed by atoms with Gasteiger partial charge in [0.25, 0.3) is 5.17 Å². The first-order valence-corrected chi connectivity index (χ1v) is 7.31. The molecule has 1 fully saturated rings. The fraction of sp³-hybridized carbons (Fsp3) is 0.500. The number of ether oxygens (including phenoxy) is 1. The number of halogens is 1. The Kier molecular flexibility index (Phi) is 5.26. The molecule has 2 nitrogen and oxygen atoms in total. The number of para-hydroxylation sites is 1. The molecule has 1 aromatic carbocycles. The summed E-state index contributed by atoms with van der Waals surface area (Å²) in [5.41, 5.74) is 0. The number of piperidine rings is 1. The summed E-state index contributed by atoms with van der Waals surface area (Å²) in [5, 5.41) is 0.588. The van der Waals surface area contributed by atoms with Gasteiger partial charge in [0.05, 0.1) is 0 Å². The van der Waals surface area contributed by atoms with Crippen molar-refractivity contribution in [3.63, 3.8) is 0 Å². The highest BCUT2D eigenvalue weighted by Gasteiger charge is 2.21. The van der Waals surface area contributed by atoms with Gasteiger partial charge in [-0.2, -0.15) is 0 Å². The van der Waals surface area contributed by atoms with E-state index in [1.807, 2.05) is 30.3 Å². The second kappa shape index (κ2) is 6.95. The van der Waals surface area contributed by atoms with Gasteiger partial charge in [-0.3, -0.25) is 0 Å². The van der Waals surface area contributed by atoms with E-state index < -0.39 is 0 Å². The minimum absolute atomic E-state index is 0.588. The van der Waals surface area contributed by atoms with Crippen molar-refractivity contribution in [3.05, 3.63) is 30.3 Å². The van der Waals surface area contributed by atoms with Gasteiger partial charge in [-0.05, 0) is 49.5 Å². The van der Waals surface area contributed by atoms with E-state index >= 15 is 0 Å². The van der Waals surface area contributed by atoms with Crippen LogP contribution in [-0.4, -0.2) is 29.0 Å². The van der Waals surface area contributed by atoms with Crippen molar-refractivity contribution in [2.45, 2.75) is 19.3 Å². The molecule has 1 saturated heterocycles. The Bertz CT molecular complexity index is 377. The summed E-state index contributed by atoms with van der Waals surface area (Å²) in [7, 11) is 0. The van der Waals surface area contributed by atoms with E-state index in [4.69, 9.17) is 28.6 Å². The molecule has 0 saturated carbocycles. The van der Waals surface area contributed by atoms with E-state index in [0.717, 1.165) is 49.9 Å². The Labute approximate surface area is 119 Å². The average molecular weight is 284 g/mol. The molecule has 1 heterocycles. The molecule has 0 N–H and O–H groups in total. The van der Waals surface area contributed by atoms with Crippen LogP contribution in [0.5, 0.6) is 5.75 Å². The maximum Gasteiger partial charge on any atom is 0.264 e. The minimum atomic E-state index is 0.588. The largest absolute Gasteiger partial charge is 0.432 e. The van der Waals surface area contributed by atoms with E-state index in [1.165, 1.54) is 0 Å². The molecule has 4 heteroatoms. The van der Waals surface area contributed by atoms with Gasteiger partial charge in [-0.15, -0.1) is 11.6 Å². The summed E-state index contributed by atoms with van der Waals surface area (Å²) in [4.78, 5) is 2.15. The lowest BCUT2D eigenvalue weighted by Crippen LogP contribution is -2.40. The lowest BCUT2D eigenvalue weighted by molar-refractivity contribution is 0.240. The van der Waals surface area contributed by atoms with Crippen molar-refractivity contribution < 1.29 is 4.74 Å². The number of rotatable bonds is 3. The zero-order chi connectivity index (χ0) is 12.8. The lowest BCUT2D eigenvalue weighted by atomic mass is 9.95. The molecule has 0 atom stereocenters. The van der Waals surface area contributed by atoms with Gasteiger partial charge in [0.1, 0.15) is 5.75 Å². The first-order chi connectivity index (χ1) is 8.79. The first-order valence-electron chi connectivity index (χ1n) is 6.37. The molecule has 1 aromatic rings. The van der Waals surface area contributed by atoms with Gasteiger partial charge in [0.15, 0.2) is 0 Å². The molecule has 0 bridgehead atoms.